The maximum atomic E-state index is 9.29. The van der Waals surface area contributed by atoms with Gasteiger partial charge in [0.15, 0.2) is 0 Å². The molecule has 0 bridgehead atoms. The Morgan fingerprint density at radius 2 is 1.72 bits per heavy atom. The van der Waals surface area contributed by atoms with Crippen molar-refractivity contribution in [1.29, 1.82) is 0 Å². The van der Waals surface area contributed by atoms with E-state index in [1.54, 1.807) is 0 Å². The van der Waals surface area contributed by atoms with Gasteiger partial charge in [-0.2, -0.15) is 0 Å². The Bertz CT molecular complexity index is 218. The van der Waals surface area contributed by atoms with Crippen LogP contribution in [0.3, 0.4) is 0 Å². The van der Waals surface area contributed by atoms with Crippen LogP contribution >= 0.6 is 0 Å². The van der Waals surface area contributed by atoms with Crippen molar-refractivity contribution in [2.24, 2.45) is 11.1 Å². The highest BCUT2D eigenvalue weighted by molar-refractivity contribution is 6.67. The van der Waals surface area contributed by atoms with E-state index in [9.17, 15) is 5.11 Å². The van der Waals surface area contributed by atoms with Crippen molar-refractivity contribution >= 4 is 8.56 Å². The van der Waals surface area contributed by atoms with Crippen LogP contribution in [0.2, 0.25) is 12.1 Å². The molecule has 0 aromatic heterocycles. The van der Waals surface area contributed by atoms with Crippen LogP contribution in [0.25, 0.3) is 0 Å². The molecule has 0 amide bonds. The molecule has 0 fully saturated rings. The van der Waals surface area contributed by atoms with E-state index in [-0.39, 0.29) is 17.6 Å². The molecule has 0 aromatic rings. The molecule has 0 saturated heterocycles. The zero-order chi connectivity index (χ0) is 14.2. The Morgan fingerprint density at radius 3 is 2.06 bits per heavy atom. The van der Waals surface area contributed by atoms with Crippen molar-refractivity contribution in [3.05, 3.63) is 0 Å². The standard InChI is InChI=1S/C13H31NO3Si/c1-6-16-18(5,17-7-2)12(8-9-15)10-13(3,4)11-14/h12,15H,6-11,14H2,1-5H3. The van der Waals surface area contributed by atoms with Crippen LogP contribution in [-0.2, 0) is 8.85 Å². The summed E-state index contributed by atoms with van der Waals surface area (Å²) < 4.78 is 11.9. The third-order valence-corrected chi connectivity index (χ3v) is 7.13. The van der Waals surface area contributed by atoms with Gasteiger partial charge < -0.3 is 19.7 Å². The van der Waals surface area contributed by atoms with Gasteiger partial charge in [-0.1, -0.05) is 13.8 Å². The van der Waals surface area contributed by atoms with Crippen LogP contribution in [0.1, 0.15) is 40.5 Å². The lowest BCUT2D eigenvalue weighted by Gasteiger charge is -2.38. The maximum absolute atomic E-state index is 9.29. The first-order valence-corrected chi connectivity index (χ1v) is 9.33. The summed E-state index contributed by atoms with van der Waals surface area (Å²) in [6.07, 6.45) is 1.67. The summed E-state index contributed by atoms with van der Waals surface area (Å²) in [5.74, 6) is 0. The lowest BCUT2D eigenvalue weighted by molar-refractivity contribution is 0.157. The summed E-state index contributed by atoms with van der Waals surface area (Å²) >= 11 is 0. The molecular formula is C13H31NO3Si. The van der Waals surface area contributed by atoms with Crippen molar-refractivity contribution in [1.82, 2.24) is 0 Å². The SMILES string of the molecule is CCO[Si](C)(OCC)C(CCO)CC(C)(C)CN. The first kappa shape index (κ1) is 18.1. The molecule has 0 radical (unpaired) electrons. The van der Waals surface area contributed by atoms with E-state index in [0.29, 0.717) is 19.8 Å². The van der Waals surface area contributed by atoms with Gasteiger partial charge in [0.2, 0.25) is 0 Å². The zero-order valence-corrected chi connectivity index (χ0v) is 13.7. The molecular weight excluding hydrogens is 246 g/mol. The fourth-order valence-corrected chi connectivity index (χ4v) is 5.58. The molecule has 4 nitrogen and oxygen atoms in total. The Balaban J connectivity index is 4.90. The summed E-state index contributed by atoms with van der Waals surface area (Å²) in [7, 11) is -2.24. The summed E-state index contributed by atoms with van der Waals surface area (Å²) in [6.45, 7) is 12.5. The molecule has 0 aliphatic heterocycles. The maximum Gasteiger partial charge on any atom is 0.338 e. The van der Waals surface area contributed by atoms with Crippen molar-refractivity contribution < 1.29 is 14.0 Å². The molecule has 0 heterocycles. The molecule has 1 unspecified atom stereocenters. The Labute approximate surface area is 113 Å². The molecule has 0 rings (SSSR count). The van der Waals surface area contributed by atoms with Crippen LogP contribution in [0.4, 0.5) is 0 Å². The molecule has 0 aromatic carbocycles. The minimum Gasteiger partial charge on any atom is -0.396 e. The third kappa shape index (κ3) is 5.80. The van der Waals surface area contributed by atoms with E-state index in [0.717, 1.165) is 12.8 Å². The van der Waals surface area contributed by atoms with Gasteiger partial charge in [-0.15, -0.1) is 0 Å². The van der Waals surface area contributed by atoms with Crippen molar-refractivity contribution in [3.63, 3.8) is 0 Å². The highest BCUT2D eigenvalue weighted by atomic mass is 28.4. The average molecular weight is 277 g/mol. The van der Waals surface area contributed by atoms with E-state index in [1.807, 2.05) is 13.8 Å². The van der Waals surface area contributed by atoms with E-state index < -0.39 is 8.56 Å². The fourth-order valence-electron chi connectivity index (χ4n) is 2.31. The van der Waals surface area contributed by atoms with Gasteiger partial charge in [0.25, 0.3) is 0 Å². The van der Waals surface area contributed by atoms with E-state index in [4.69, 9.17) is 14.6 Å². The fraction of sp³-hybridized carbons (Fsp3) is 1.00. The lowest BCUT2D eigenvalue weighted by atomic mass is 9.87. The number of nitrogens with two attached hydrogens (primary N) is 1. The van der Waals surface area contributed by atoms with Gasteiger partial charge in [0, 0.05) is 25.4 Å². The lowest BCUT2D eigenvalue weighted by Crippen LogP contribution is -2.46. The summed E-state index contributed by atoms with van der Waals surface area (Å²) in [6, 6.07) is 0. The molecule has 18 heavy (non-hydrogen) atoms. The Kier molecular flexibility index (Phi) is 8.30. The van der Waals surface area contributed by atoms with E-state index in [2.05, 4.69) is 20.4 Å². The number of aliphatic hydroxyl groups excluding tert-OH is 1. The van der Waals surface area contributed by atoms with Crippen LogP contribution in [0.5, 0.6) is 0 Å². The molecule has 110 valence electrons. The van der Waals surface area contributed by atoms with Crippen molar-refractivity contribution in [2.75, 3.05) is 26.4 Å². The van der Waals surface area contributed by atoms with Crippen molar-refractivity contribution in [3.8, 4) is 0 Å². The predicted octanol–water partition coefficient (Wildman–Crippen LogP) is 2.26. The highest BCUT2D eigenvalue weighted by Gasteiger charge is 2.42. The normalized spacial score (nSPS) is 14.8. The van der Waals surface area contributed by atoms with Crippen LogP contribution in [-0.4, -0.2) is 40.0 Å². The predicted molar refractivity (Wildman–Crippen MR) is 77.8 cm³/mol. The van der Waals surface area contributed by atoms with Gasteiger partial charge in [-0.25, -0.2) is 0 Å². The van der Waals surface area contributed by atoms with Gasteiger partial charge in [0.1, 0.15) is 0 Å². The van der Waals surface area contributed by atoms with Gasteiger partial charge in [0.05, 0.1) is 0 Å². The summed E-state index contributed by atoms with van der Waals surface area (Å²) in [5, 5.41) is 9.29. The highest BCUT2D eigenvalue weighted by Crippen LogP contribution is 2.38. The summed E-state index contributed by atoms with van der Waals surface area (Å²) in [4.78, 5) is 0. The van der Waals surface area contributed by atoms with E-state index in [1.165, 1.54) is 0 Å². The topological polar surface area (TPSA) is 64.7 Å². The van der Waals surface area contributed by atoms with Crippen molar-refractivity contribution in [2.45, 2.75) is 52.6 Å². The molecule has 3 N–H and O–H groups in total. The zero-order valence-electron chi connectivity index (χ0n) is 12.7. The van der Waals surface area contributed by atoms with Gasteiger partial charge in [-0.3, -0.25) is 0 Å². The average Bonchev–Trinajstić information content (AvgIpc) is 2.29. The number of hydrogen-bond donors (Lipinski definition) is 2. The first-order valence-electron chi connectivity index (χ1n) is 6.94. The van der Waals surface area contributed by atoms with Crippen LogP contribution in [0, 0.1) is 5.41 Å². The quantitative estimate of drug-likeness (QED) is 0.601. The van der Waals surface area contributed by atoms with Gasteiger partial charge >= 0.3 is 8.56 Å². The smallest absolute Gasteiger partial charge is 0.338 e. The second-order valence-electron chi connectivity index (χ2n) is 5.66. The number of rotatable bonds is 10. The number of hydrogen-bond acceptors (Lipinski definition) is 4. The third-order valence-electron chi connectivity index (χ3n) is 3.43. The van der Waals surface area contributed by atoms with Crippen LogP contribution < -0.4 is 5.73 Å². The van der Waals surface area contributed by atoms with Crippen LogP contribution in [0.15, 0.2) is 0 Å². The first-order chi connectivity index (χ1) is 8.35. The second kappa shape index (κ2) is 8.27. The summed E-state index contributed by atoms with van der Waals surface area (Å²) in [5.41, 5.74) is 6.15. The second-order valence-corrected chi connectivity index (χ2v) is 9.09. The molecule has 0 aliphatic carbocycles. The minimum absolute atomic E-state index is 0.0578. The molecule has 5 heteroatoms. The Hall–Kier alpha value is 0.0569. The minimum atomic E-state index is -2.24. The molecule has 0 spiro atoms. The molecule has 0 aliphatic rings. The van der Waals surface area contributed by atoms with E-state index >= 15 is 0 Å². The molecule has 1 atom stereocenters. The van der Waals surface area contributed by atoms with Gasteiger partial charge in [-0.05, 0) is 45.2 Å². The monoisotopic (exact) mass is 277 g/mol. The largest absolute Gasteiger partial charge is 0.396 e. The molecule has 0 saturated carbocycles. The number of aliphatic hydroxyl groups is 1. The Morgan fingerprint density at radius 1 is 1.22 bits per heavy atom.